The summed E-state index contributed by atoms with van der Waals surface area (Å²) in [6.45, 7) is 2.95. The van der Waals surface area contributed by atoms with Crippen molar-refractivity contribution in [3.8, 4) is 0 Å². The lowest BCUT2D eigenvalue weighted by molar-refractivity contribution is -0.137. The number of carboxylic acid groups (broad SMARTS) is 1. The molecule has 1 atom stereocenters. The molecule has 7 heteroatoms. The van der Waals surface area contributed by atoms with Gasteiger partial charge in [0, 0.05) is 19.6 Å². The van der Waals surface area contributed by atoms with Crippen LogP contribution in [0.25, 0.3) is 5.57 Å². The Labute approximate surface area is 159 Å². The van der Waals surface area contributed by atoms with Gasteiger partial charge in [0.15, 0.2) is 0 Å². The summed E-state index contributed by atoms with van der Waals surface area (Å²) in [4.78, 5) is 36.2. The molecular weight excluding hydrogens is 346 g/mol. The van der Waals surface area contributed by atoms with E-state index in [1.165, 1.54) is 11.1 Å². The number of nitrogens with two attached hydrogens (primary N) is 1. The summed E-state index contributed by atoms with van der Waals surface area (Å²) in [6.07, 6.45) is 4.91. The van der Waals surface area contributed by atoms with Crippen LogP contribution in [-0.4, -0.2) is 65.9 Å². The Morgan fingerprint density at radius 3 is 2.52 bits per heavy atom. The van der Waals surface area contributed by atoms with Gasteiger partial charge in [-0.15, -0.1) is 0 Å². The third-order valence-corrected chi connectivity index (χ3v) is 4.90. The largest absolute Gasteiger partial charge is 0.483 e. The van der Waals surface area contributed by atoms with Crippen LogP contribution in [0.3, 0.4) is 0 Å². The molecule has 0 bridgehead atoms. The van der Waals surface area contributed by atoms with Gasteiger partial charge in [0.1, 0.15) is 0 Å². The van der Waals surface area contributed by atoms with E-state index in [0.29, 0.717) is 13.1 Å². The number of rotatable bonds is 4. The third-order valence-electron chi connectivity index (χ3n) is 4.90. The summed E-state index contributed by atoms with van der Waals surface area (Å²) in [6, 6.07) is 10.3. The average molecular weight is 373 g/mol. The number of amides is 2. The highest BCUT2D eigenvalue weighted by molar-refractivity contribution is 5.81. The maximum absolute atomic E-state index is 12.8. The first-order valence-electron chi connectivity index (χ1n) is 9.17. The molecule has 3 rings (SSSR count). The molecule has 2 aliphatic rings. The van der Waals surface area contributed by atoms with E-state index >= 15 is 0 Å². The van der Waals surface area contributed by atoms with Crippen molar-refractivity contribution in [1.29, 1.82) is 0 Å². The van der Waals surface area contributed by atoms with E-state index in [4.69, 9.17) is 15.6 Å². The first kappa shape index (κ1) is 20.6. The number of hydrogen-bond donors (Lipinski definition) is 2. The number of benzene rings is 1. The number of hydrogen-bond acceptors (Lipinski definition) is 4. The van der Waals surface area contributed by atoms with Crippen molar-refractivity contribution in [2.24, 2.45) is 11.7 Å². The van der Waals surface area contributed by atoms with Crippen molar-refractivity contribution in [2.45, 2.75) is 19.3 Å². The van der Waals surface area contributed by atoms with Crippen molar-refractivity contribution < 1.29 is 19.5 Å². The molecule has 146 valence electrons. The van der Waals surface area contributed by atoms with Gasteiger partial charge in [-0.25, -0.2) is 0 Å². The van der Waals surface area contributed by atoms with Crippen LogP contribution in [0.1, 0.15) is 24.8 Å². The second kappa shape index (κ2) is 10.5. The number of carbonyl (C=O) groups is 3. The SMILES string of the molecule is NC(=O)CN1CCCC(C(=O)N2CC=C(c3ccccc3)CC2)C1.O=CO. The number of primary amides is 1. The molecule has 1 aromatic carbocycles. The van der Waals surface area contributed by atoms with Gasteiger partial charge in [-0.3, -0.25) is 19.3 Å². The molecule has 0 radical (unpaired) electrons. The summed E-state index contributed by atoms with van der Waals surface area (Å²) in [5.74, 6) is -0.117. The van der Waals surface area contributed by atoms with E-state index in [2.05, 4.69) is 18.2 Å². The lowest BCUT2D eigenvalue weighted by Gasteiger charge is -2.35. The molecule has 0 saturated carbocycles. The van der Waals surface area contributed by atoms with Crippen molar-refractivity contribution >= 4 is 23.9 Å². The molecule has 0 aliphatic carbocycles. The second-order valence-corrected chi connectivity index (χ2v) is 6.78. The van der Waals surface area contributed by atoms with Gasteiger partial charge in [-0.05, 0) is 36.9 Å². The van der Waals surface area contributed by atoms with Crippen LogP contribution >= 0.6 is 0 Å². The van der Waals surface area contributed by atoms with E-state index in [1.807, 2.05) is 28.0 Å². The Morgan fingerprint density at radius 1 is 1.22 bits per heavy atom. The predicted molar refractivity (Wildman–Crippen MR) is 103 cm³/mol. The maximum Gasteiger partial charge on any atom is 0.290 e. The number of nitrogens with zero attached hydrogens (tertiary/aromatic N) is 2. The molecule has 1 unspecified atom stereocenters. The molecule has 0 spiro atoms. The Morgan fingerprint density at radius 2 is 1.93 bits per heavy atom. The van der Waals surface area contributed by atoms with Gasteiger partial charge in [0.05, 0.1) is 12.5 Å². The third kappa shape index (κ3) is 6.21. The van der Waals surface area contributed by atoms with Gasteiger partial charge >= 0.3 is 0 Å². The fourth-order valence-electron chi connectivity index (χ4n) is 3.66. The zero-order chi connectivity index (χ0) is 19.6. The van der Waals surface area contributed by atoms with Crippen LogP contribution in [0.4, 0.5) is 0 Å². The highest BCUT2D eigenvalue weighted by Gasteiger charge is 2.30. The van der Waals surface area contributed by atoms with E-state index in [0.717, 1.165) is 32.4 Å². The number of piperidine rings is 1. The van der Waals surface area contributed by atoms with Crippen molar-refractivity contribution in [2.75, 3.05) is 32.7 Å². The molecule has 27 heavy (non-hydrogen) atoms. The molecule has 1 saturated heterocycles. The van der Waals surface area contributed by atoms with Crippen molar-refractivity contribution in [3.63, 3.8) is 0 Å². The van der Waals surface area contributed by atoms with Crippen molar-refractivity contribution in [3.05, 3.63) is 42.0 Å². The molecule has 2 aliphatic heterocycles. The van der Waals surface area contributed by atoms with Crippen molar-refractivity contribution in [1.82, 2.24) is 9.80 Å². The molecule has 3 N–H and O–H groups in total. The predicted octanol–water partition coefficient (Wildman–Crippen LogP) is 1.20. The summed E-state index contributed by atoms with van der Waals surface area (Å²) >= 11 is 0. The maximum atomic E-state index is 12.8. The summed E-state index contributed by atoms with van der Waals surface area (Å²) in [5, 5.41) is 6.89. The number of likely N-dealkylation sites (tertiary alicyclic amines) is 1. The zero-order valence-corrected chi connectivity index (χ0v) is 15.4. The van der Waals surface area contributed by atoms with Gasteiger partial charge in [-0.2, -0.15) is 0 Å². The van der Waals surface area contributed by atoms with E-state index in [9.17, 15) is 9.59 Å². The van der Waals surface area contributed by atoms with Crippen LogP contribution < -0.4 is 5.73 Å². The quantitative estimate of drug-likeness (QED) is 0.772. The molecular formula is C20H27N3O4. The fourth-order valence-corrected chi connectivity index (χ4v) is 3.66. The molecule has 2 amide bonds. The lowest BCUT2D eigenvalue weighted by atomic mass is 9.94. The second-order valence-electron chi connectivity index (χ2n) is 6.78. The Hall–Kier alpha value is -2.67. The van der Waals surface area contributed by atoms with Gasteiger partial charge < -0.3 is 15.7 Å². The van der Waals surface area contributed by atoms with E-state index in [1.54, 1.807) is 0 Å². The van der Waals surface area contributed by atoms with Crippen LogP contribution in [-0.2, 0) is 14.4 Å². The van der Waals surface area contributed by atoms with Gasteiger partial charge in [-0.1, -0.05) is 36.4 Å². The summed E-state index contributed by atoms with van der Waals surface area (Å²) < 4.78 is 0. The minimum absolute atomic E-state index is 0.00947. The minimum atomic E-state index is -0.323. The van der Waals surface area contributed by atoms with Gasteiger partial charge in [0.25, 0.3) is 6.47 Å². The summed E-state index contributed by atoms with van der Waals surface area (Å²) in [7, 11) is 0. The fraction of sp³-hybridized carbons (Fsp3) is 0.450. The van der Waals surface area contributed by atoms with E-state index < -0.39 is 0 Å². The Bertz CT molecular complexity index is 675. The molecule has 2 heterocycles. The highest BCUT2D eigenvalue weighted by Crippen LogP contribution is 2.25. The standard InChI is InChI=1S/C19H25N3O2.CH2O2/c20-18(23)14-21-10-4-7-17(13-21)19(24)22-11-8-16(9-12-22)15-5-2-1-3-6-15;2-1-3/h1-3,5-6,8,17H,4,7,9-14H2,(H2,20,23);1H,(H,2,3). The van der Waals surface area contributed by atoms with Crippen LogP contribution in [0.5, 0.6) is 0 Å². The lowest BCUT2D eigenvalue weighted by Crippen LogP contribution is -2.47. The molecule has 7 nitrogen and oxygen atoms in total. The first-order chi connectivity index (χ1) is 13.0. The van der Waals surface area contributed by atoms with Crippen LogP contribution in [0, 0.1) is 5.92 Å². The molecule has 1 aromatic rings. The summed E-state index contributed by atoms with van der Waals surface area (Å²) in [5.41, 5.74) is 7.84. The topological polar surface area (TPSA) is 104 Å². The first-order valence-corrected chi connectivity index (χ1v) is 9.17. The van der Waals surface area contributed by atoms with E-state index in [-0.39, 0.29) is 30.7 Å². The minimum Gasteiger partial charge on any atom is -0.483 e. The van der Waals surface area contributed by atoms with Crippen LogP contribution in [0.2, 0.25) is 0 Å². The normalized spacial score (nSPS) is 20.1. The highest BCUT2D eigenvalue weighted by atomic mass is 16.3. The smallest absolute Gasteiger partial charge is 0.290 e. The van der Waals surface area contributed by atoms with Crippen LogP contribution in [0.15, 0.2) is 36.4 Å². The zero-order valence-electron chi connectivity index (χ0n) is 15.4. The molecule has 0 aromatic heterocycles. The average Bonchev–Trinajstić information content (AvgIpc) is 2.68. The Kier molecular flexibility index (Phi) is 8.00. The molecule has 1 fully saturated rings. The Balaban J connectivity index is 0.000000817. The van der Waals surface area contributed by atoms with Gasteiger partial charge in [0.2, 0.25) is 11.8 Å². The number of carbonyl (C=O) groups excluding carboxylic acids is 2. The monoisotopic (exact) mass is 373 g/mol.